The van der Waals surface area contributed by atoms with Gasteiger partial charge >= 0.3 is 0 Å². The van der Waals surface area contributed by atoms with Crippen LogP contribution in [0.3, 0.4) is 0 Å². The van der Waals surface area contributed by atoms with Crippen LogP contribution in [0.2, 0.25) is 0 Å². The van der Waals surface area contributed by atoms with E-state index in [1.54, 1.807) is 0 Å². The van der Waals surface area contributed by atoms with E-state index in [2.05, 4.69) is 0 Å². The van der Waals surface area contributed by atoms with Crippen LogP contribution in [0.15, 0.2) is 0 Å². The first-order valence-electron chi connectivity index (χ1n) is 0. The quantitative estimate of drug-likeness (QED) is 0.295. The Kier molecular flexibility index (Phi) is 536. The Morgan fingerprint density at radius 1 is 0.750 bits per heavy atom. The first kappa shape index (κ1) is 68.0. The summed E-state index contributed by atoms with van der Waals surface area (Å²) in [6.07, 6.45) is 0. The molecule has 0 atom stereocenters. The Bertz CT molecular complexity index is 6.00. The van der Waals surface area contributed by atoms with Gasteiger partial charge in [0.1, 0.15) is 0 Å². The van der Waals surface area contributed by atoms with Crippen molar-refractivity contribution in [3.8, 4) is 0 Å². The summed E-state index contributed by atoms with van der Waals surface area (Å²) in [7, 11) is 0. The number of hydrogen-bond donors (Lipinski definition) is 0. The van der Waals surface area contributed by atoms with Crippen molar-refractivity contribution in [1.82, 2.24) is 0 Å². The zero-order chi connectivity index (χ0) is 0. The molecule has 0 fully saturated rings. The molecular formula is H4NaO2Si. The molecule has 0 amide bonds. The van der Waals surface area contributed by atoms with Crippen molar-refractivity contribution in [1.29, 1.82) is 0 Å². The molecule has 0 aliphatic carbocycles. The van der Waals surface area contributed by atoms with Crippen LogP contribution < -0.4 is 0 Å². The Hall–Kier alpha value is 1.14. The molecule has 4 heavy (non-hydrogen) atoms. The summed E-state index contributed by atoms with van der Waals surface area (Å²) in [6, 6.07) is 0. The maximum absolute atomic E-state index is 0. The summed E-state index contributed by atoms with van der Waals surface area (Å²) in [5.41, 5.74) is 0. The van der Waals surface area contributed by atoms with E-state index in [-0.39, 0.29) is 51.5 Å². The molecule has 0 unspecified atom stereocenters. The molecule has 4 N–H and O–H groups in total. The van der Waals surface area contributed by atoms with Crippen LogP contribution in [-0.2, 0) is 0 Å². The molecule has 0 aliphatic rings. The van der Waals surface area contributed by atoms with Gasteiger partial charge in [0.05, 0.1) is 0 Å². The monoisotopic (exact) mass is 87.0 g/mol. The third kappa shape index (κ3) is 11.1. The molecule has 0 spiro atoms. The van der Waals surface area contributed by atoms with Gasteiger partial charge in [0.15, 0.2) is 0 Å². The minimum Gasteiger partial charge on any atom is -0.412 e. The van der Waals surface area contributed by atoms with Crippen molar-refractivity contribution < 1.29 is 11.0 Å². The summed E-state index contributed by atoms with van der Waals surface area (Å²) in [4.78, 5) is 0. The zero-order valence-corrected chi connectivity index (χ0v) is 5.50. The fraction of sp³-hybridized carbons (Fsp3) is 0. The van der Waals surface area contributed by atoms with Crippen LogP contribution in [0.25, 0.3) is 0 Å². The number of rotatable bonds is 0. The van der Waals surface area contributed by atoms with Crippen molar-refractivity contribution >= 4 is 40.5 Å². The third-order valence-electron chi connectivity index (χ3n) is 0. The average Bonchev–Trinajstić information content (AvgIpc) is 0. The van der Waals surface area contributed by atoms with E-state index < -0.39 is 0 Å². The zero-order valence-electron chi connectivity index (χ0n) is 2.50. The predicted molar refractivity (Wildman–Crippen MR) is 18.7 cm³/mol. The molecule has 2 nitrogen and oxygen atoms in total. The van der Waals surface area contributed by atoms with Crippen LogP contribution in [0.1, 0.15) is 0 Å². The Morgan fingerprint density at radius 2 is 0.750 bits per heavy atom. The molecule has 0 bridgehead atoms. The van der Waals surface area contributed by atoms with Crippen LogP contribution in [0, 0.1) is 0 Å². The Balaban J connectivity index is 0. The van der Waals surface area contributed by atoms with Gasteiger partial charge in [-0.3, -0.25) is 0 Å². The maximum Gasteiger partial charge on any atom is 0 e. The second-order valence-corrected chi connectivity index (χ2v) is 0. The third-order valence-corrected chi connectivity index (χ3v) is 0. The molecule has 21 valence electrons. The summed E-state index contributed by atoms with van der Waals surface area (Å²) in [5, 5.41) is 0. The average molecular weight is 87.1 g/mol. The SMILES string of the molecule is O.O.[Na].[Si]. The van der Waals surface area contributed by atoms with Crippen molar-refractivity contribution in [2.24, 2.45) is 0 Å². The first-order valence-corrected chi connectivity index (χ1v) is 0. The minimum absolute atomic E-state index is 0. The molecule has 5 radical (unpaired) electrons. The molecule has 0 aromatic carbocycles. The van der Waals surface area contributed by atoms with Crippen molar-refractivity contribution in [2.75, 3.05) is 0 Å². The summed E-state index contributed by atoms with van der Waals surface area (Å²) in [6.45, 7) is 0. The Labute approximate surface area is 51.5 Å². The molecular weight excluding hydrogens is 83.1 g/mol. The standard InChI is InChI=1S/Na.2H2O.Si/h;2*1H2;. The Morgan fingerprint density at radius 3 is 0.750 bits per heavy atom. The molecule has 0 heterocycles. The molecule has 0 aliphatic heterocycles. The maximum atomic E-state index is 0. The minimum atomic E-state index is 0. The molecule has 0 aromatic heterocycles. The molecule has 0 aromatic rings. The van der Waals surface area contributed by atoms with Gasteiger partial charge in [0, 0.05) is 40.5 Å². The van der Waals surface area contributed by atoms with E-state index in [9.17, 15) is 0 Å². The van der Waals surface area contributed by atoms with Gasteiger partial charge in [-0.05, 0) is 0 Å². The van der Waals surface area contributed by atoms with Gasteiger partial charge in [-0.25, -0.2) is 0 Å². The van der Waals surface area contributed by atoms with Crippen molar-refractivity contribution in [3.05, 3.63) is 0 Å². The molecule has 0 saturated heterocycles. The van der Waals surface area contributed by atoms with Crippen LogP contribution in [0.4, 0.5) is 0 Å². The predicted octanol–water partition coefficient (Wildman–Crippen LogP) is -2.41. The number of hydrogen-bond acceptors (Lipinski definition) is 0. The van der Waals surface area contributed by atoms with Gasteiger partial charge in [0.2, 0.25) is 0 Å². The van der Waals surface area contributed by atoms with E-state index in [0.29, 0.717) is 0 Å². The molecule has 0 saturated carbocycles. The van der Waals surface area contributed by atoms with E-state index in [1.807, 2.05) is 0 Å². The topological polar surface area (TPSA) is 63.0 Å². The summed E-state index contributed by atoms with van der Waals surface area (Å²) >= 11 is 0. The van der Waals surface area contributed by atoms with Gasteiger partial charge in [0.25, 0.3) is 0 Å². The second-order valence-electron chi connectivity index (χ2n) is 0. The van der Waals surface area contributed by atoms with Gasteiger partial charge in [-0.2, -0.15) is 0 Å². The van der Waals surface area contributed by atoms with E-state index in [0.717, 1.165) is 0 Å². The van der Waals surface area contributed by atoms with E-state index in [1.165, 1.54) is 0 Å². The van der Waals surface area contributed by atoms with Crippen molar-refractivity contribution in [3.63, 3.8) is 0 Å². The first-order chi connectivity index (χ1) is 0. The smallest absolute Gasteiger partial charge is 0 e. The van der Waals surface area contributed by atoms with Crippen LogP contribution in [-0.4, -0.2) is 51.5 Å². The normalized spacial score (nSPS) is 0. The molecule has 4 heteroatoms. The fourth-order valence-electron chi connectivity index (χ4n) is 0. The van der Waals surface area contributed by atoms with E-state index in [4.69, 9.17) is 0 Å². The summed E-state index contributed by atoms with van der Waals surface area (Å²) < 4.78 is 0. The van der Waals surface area contributed by atoms with Crippen molar-refractivity contribution in [2.45, 2.75) is 0 Å². The largest absolute Gasteiger partial charge is 0.412 e. The van der Waals surface area contributed by atoms with Crippen LogP contribution in [0.5, 0.6) is 0 Å². The second kappa shape index (κ2) is 31.5. The fourth-order valence-corrected chi connectivity index (χ4v) is 0. The summed E-state index contributed by atoms with van der Waals surface area (Å²) in [5.74, 6) is 0. The van der Waals surface area contributed by atoms with Crippen LogP contribution >= 0.6 is 0 Å². The van der Waals surface area contributed by atoms with Gasteiger partial charge in [-0.15, -0.1) is 0 Å². The molecule has 0 rings (SSSR count). The van der Waals surface area contributed by atoms with Gasteiger partial charge < -0.3 is 11.0 Å². The van der Waals surface area contributed by atoms with Gasteiger partial charge in [-0.1, -0.05) is 0 Å². The van der Waals surface area contributed by atoms with E-state index >= 15 is 0 Å².